The third-order valence-electron chi connectivity index (χ3n) is 10.5. The normalized spacial score (nSPS) is 11.3. The van der Waals surface area contributed by atoms with E-state index in [-0.39, 0.29) is 0 Å². The summed E-state index contributed by atoms with van der Waals surface area (Å²) in [5.41, 5.74) is 12.9. The minimum absolute atomic E-state index is 0.887. The second-order valence-electron chi connectivity index (χ2n) is 13.9. The molecular weight excluding hydrogens is 667 g/mol. The molecule has 0 amide bonds. The van der Waals surface area contributed by atoms with Gasteiger partial charge in [0.2, 0.25) is 0 Å². The fourth-order valence-electron chi connectivity index (χ4n) is 7.70. The Bertz CT molecular complexity index is 2940. The van der Waals surface area contributed by atoms with Crippen LogP contribution in [0.2, 0.25) is 0 Å². The molecule has 0 N–H and O–H groups in total. The number of fused-ring (bicyclic) bond motifs is 4. The summed E-state index contributed by atoms with van der Waals surface area (Å²) in [6.07, 6.45) is 1.84. The van der Waals surface area contributed by atoms with Crippen LogP contribution in [0.15, 0.2) is 212 Å². The van der Waals surface area contributed by atoms with Gasteiger partial charge in [-0.2, -0.15) is 0 Å². The van der Waals surface area contributed by atoms with Crippen molar-refractivity contribution >= 4 is 49.5 Å². The van der Waals surface area contributed by atoms with Gasteiger partial charge in [-0.15, -0.1) is 0 Å². The molecule has 3 nitrogen and oxygen atoms in total. The molecule has 0 aliphatic heterocycles. The lowest BCUT2D eigenvalue weighted by atomic mass is 9.97. The van der Waals surface area contributed by atoms with E-state index in [0.717, 1.165) is 50.5 Å². The SMILES string of the molecule is c1ccc(-c2ccc(N(c3ccc(-c4cc5cccnc5c(-c5ccccc5)n4)cc3)c3ccc4c(ccc5cc(-c6ccccc6)ccc54)c3)cc2)cc1. The van der Waals surface area contributed by atoms with Gasteiger partial charge in [-0.3, -0.25) is 4.98 Å². The molecule has 0 saturated heterocycles. The highest BCUT2D eigenvalue weighted by molar-refractivity contribution is 6.09. The quantitative estimate of drug-likeness (QED) is 0.155. The highest BCUT2D eigenvalue weighted by atomic mass is 15.1. The third-order valence-corrected chi connectivity index (χ3v) is 10.5. The Morgan fingerprint density at radius 1 is 0.327 bits per heavy atom. The maximum atomic E-state index is 5.18. The Morgan fingerprint density at radius 3 is 1.49 bits per heavy atom. The van der Waals surface area contributed by atoms with Gasteiger partial charge in [0, 0.05) is 39.8 Å². The first-order chi connectivity index (χ1) is 27.2. The number of rotatable bonds is 7. The van der Waals surface area contributed by atoms with E-state index in [4.69, 9.17) is 9.97 Å². The number of aromatic nitrogens is 2. The standard InChI is InChI=1S/C52H35N3/c1-4-11-36(12-5-1)38-20-25-45(26-21-38)55(47-29-31-49-43(34-47)19-18-42-33-41(24-30-48(42)49)37-13-6-2-7-14-37)46-27-22-39(23-28-46)50-35-44-17-10-32-53-51(44)52(54-50)40-15-8-3-9-16-40/h1-35H. The summed E-state index contributed by atoms with van der Waals surface area (Å²) in [6, 6.07) is 73.4. The molecule has 0 fully saturated rings. The van der Waals surface area contributed by atoms with E-state index in [1.165, 1.54) is 43.8 Å². The lowest BCUT2D eigenvalue weighted by molar-refractivity contribution is 1.28. The molecule has 0 saturated carbocycles. The molecule has 10 rings (SSSR count). The second-order valence-corrected chi connectivity index (χ2v) is 13.9. The van der Waals surface area contributed by atoms with Crippen LogP contribution in [0.25, 0.3) is 77.2 Å². The molecule has 0 radical (unpaired) electrons. The first-order valence-electron chi connectivity index (χ1n) is 18.6. The minimum Gasteiger partial charge on any atom is -0.310 e. The van der Waals surface area contributed by atoms with E-state index >= 15 is 0 Å². The summed E-state index contributed by atoms with van der Waals surface area (Å²) >= 11 is 0. The average Bonchev–Trinajstić information content (AvgIpc) is 3.27. The van der Waals surface area contributed by atoms with E-state index in [9.17, 15) is 0 Å². The lowest BCUT2D eigenvalue weighted by Crippen LogP contribution is -2.10. The molecule has 10 aromatic rings. The number of pyridine rings is 2. The fourth-order valence-corrected chi connectivity index (χ4v) is 7.70. The Balaban J connectivity index is 1.06. The molecule has 0 aliphatic rings. The minimum atomic E-state index is 0.887. The van der Waals surface area contributed by atoms with Crippen LogP contribution in [0, 0.1) is 0 Å². The van der Waals surface area contributed by atoms with Crippen LogP contribution in [0.4, 0.5) is 17.1 Å². The van der Waals surface area contributed by atoms with Crippen LogP contribution in [-0.4, -0.2) is 9.97 Å². The van der Waals surface area contributed by atoms with Crippen molar-refractivity contribution in [3.8, 4) is 44.8 Å². The maximum Gasteiger partial charge on any atom is 0.0972 e. The number of hydrogen-bond acceptors (Lipinski definition) is 3. The smallest absolute Gasteiger partial charge is 0.0972 e. The molecule has 0 spiro atoms. The van der Waals surface area contributed by atoms with Gasteiger partial charge in [-0.25, -0.2) is 4.98 Å². The zero-order valence-corrected chi connectivity index (χ0v) is 30.0. The van der Waals surface area contributed by atoms with Crippen LogP contribution < -0.4 is 4.90 Å². The molecule has 0 bridgehead atoms. The average molecular weight is 702 g/mol. The maximum absolute atomic E-state index is 5.18. The van der Waals surface area contributed by atoms with Crippen molar-refractivity contribution in [2.75, 3.05) is 4.90 Å². The number of hydrogen-bond donors (Lipinski definition) is 0. The van der Waals surface area contributed by atoms with E-state index in [1.54, 1.807) is 0 Å². The van der Waals surface area contributed by atoms with Crippen LogP contribution in [0.3, 0.4) is 0 Å². The number of benzene rings is 8. The van der Waals surface area contributed by atoms with Gasteiger partial charge < -0.3 is 4.90 Å². The van der Waals surface area contributed by atoms with Gasteiger partial charge in [0.25, 0.3) is 0 Å². The van der Waals surface area contributed by atoms with Crippen molar-refractivity contribution in [2.45, 2.75) is 0 Å². The Morgan fingerprint density at radius 2 is 0.836 bits per heavy atom. The highest BCUT2D eigenvalue weighted by Crippen LogP contribution is 2.40. The molecule has 2 aromatic heterocycles. The Kier molecular flexibility index (Phi) is 8.16. The van der Waals surface area contributed by atoms with Crippen LogP contribution in [-0.2, 0) is 0 Å². The van der Waals surface area contributed by atoms with Crippen molar-refractivity contribution in [1.29, 1.82) is 0 Å². The monoisotopic (exact) mass is 701 g/mol. The van der Waals surface area contributed by atoms with E-state index in [1.807, 2.05) is 30.5 Å². The largest absolute Gasteiger partial charge is 0.310 e. The predicted molar refractivity (Wildman–Crippen MR) is 231 cm³/mol. The Hall–Kier alpha value is -7.36. The van der Waals surface area contributed by atoms with Crippen LogP contribution in [0.5, 0.6) is 0 Å². The lowest BCUT2D eigenvalue weighted by Gasteiger charge is -2.26. The van der Waals surface area contributed by atoms with Crippen molar-refractivity contribution in [2.24, 2.45) is 0 Å². The van der Waals surface area contributed by atoms with Gasteiger partial charge in [0.1, 0.15) is 0 Å². The van der Waals surface area contributed by atoms with E-state index in [2.05, 4.69) is 187 Å². The van der Waals surface area contributed by atoms with Gasteiger partial charge in [0.15, 0.2) is 0 Å². The van der Waals surface area contributed by atoms with Crippen molar-refractivity contribution < 1.29 is 0 Å². The number of anilines is 3. The van der Waals surface area contributed by atoms with Crippen molar-refractivity contribution in [1.82, 2.24) is 9.97 Å². The van der Waals surface area contributed by atoms with Crippen molar-refractivity contribution in [3.05, 3.63) is 212 Å². The van der Waals surface area contributed by atoms with E-state index < -0.39 is 0 Å². The van der Waals surface area contributed by atoms with Crippen molar-refractivity contribution in [3.63, 3.8) is 0 Å². The van der Waals surface area contributed by atoms with Gasteiger partial charge in [-0.05, 0) is 98.4 Å². The van der Waals surface area contributed by atoms with Crippen LogP contribution >= 0.6 is 0 Å². The summed E-state index contributed by atoms with van der Waals surface area (Å²) in [5, 5.41) is 5.98. The van der Waals surface area contributed by atoms with E-state index in [0.29, 0.717) is 0 Å². The highest BCUT2D eigenvalue weighted by Gasteiger charge is 2.16. The Labute approximate surface area is 320 Å². The first kappa shape index (κ1) is 32.3. The second kappa shape index (κ2) is 13.9. The zero-order valence-electron chi connectivity index (χ0n) is 30.0. The topological polar surface area (TPSA) is 29.0 Å². The molecular formula is C52H35N3. The molecule has 0 unspecified atom stereocenters. The third kappa shape index (κ3) is 6.18. The molecule has 3 heteroatoms. The zero-order chi connectivity index (χ0) is 36.6. The molecule has 2 heterocycles. The molecule has 0 aliphatic carbocycles. The molecule has 0 atom stereocenters. The van der Waals surface area contributed by atoms with Gasteiger partial charge >= 0.3 is 0 Å². The molecule has 8 aromatic carbocycles. The summed E-state index contributed by atoms with van der Waals surface area (Å²) in [4.78, 5) is 12.2. The summed E-state index contributed by atoms with van der Waals surface area (Å²) in [7, 11) is 0. The fraction of sp³-hybridized carbons (Fsp3) is 0. The molecule has 258 valence electrons. The molecule has 55 heavy (non-hydrogen) atoms. The van der Waals surface area contributed by atoms with Gasteiger partial charge in [-0.1, -0.05) is 152 Å². The predicted octanol–water partition coefficient (Wildman–Crippen LogP) is 14.1. The van der Waals surface area contributed by atoms with Crippen LogP contribution in [0.1, 0.15) is 0 Å². The number of nitrogens with zero attached hydrogens (tertiary/aromatic N) is 3. The first-order valence-corrected chi connectivity index (χ1v) is 18.6. The summed E-state index contributed by atoms with van der Waals surface area (Å²) < 4.78 is 0. The summed E-state index contributed by atoms with van der Waals surface area (Å²) in [5.74, 6) is 0. The summed E-state index contributed by atoms with van der Waals surface area (Å²) in [6.45, 7) is 0. The van der Waals surface area contributed by atoms with Gasteiger partial charge in [0.05, 0.1) is 16.9 Å².